The molecular formula is C12H11Cl2NO3. The summed E-state index contributed by atoms with van der Waals surface area (Å²) in [6, 6.07) is 3.18. The summed E-state index contributed by atoms with van der Waals surface area (Å²) in [4.78, 5) is 13.1. The molecule has 0 bridgehead atoms. The Morgan fingerprint density at radius 2 is 2.17 bits per heavy atom. The summed E-state index contributed by atoms with van der Waals surface area (Å²) in [6.07, 6.45) is 0.444. The first-order chi connectivity index (χ1) is 8.58. The SMILES string of the molecule is O=C1OCC2CC(c3c(O)ccc(Cl)c3Cl)CN12. The Morgan fingerprint density at radius 3 is 2.89 bits per heavy atom. The number of phenolic OH excluding ortho intramolecular Hbond substituents is 1. The van der Waals surface area contributed by atoms with E-state index in [4.69, 9.17) is 27.9 Å². The van der Waals surface area contributed by atoms with Gasteiger partial charge in [-0.05, 0) is 18.6 Å². The van der Waals surface area contributed by atoms with Gasteiger partial charge in [-0.1, -0.05) is 23.2 Å². The lowest BCUT2D eigenvalue weighted by atomic mass is 9.95. The second-order valence-corrected chi connectivity index (χ2v) is 5.40. The number of rotatable bonds is 1. The number of hydrogen-bond donors (Lipinski definition) is 1. The molecule has 0 aliphatic carbocycles. The molecule has 2 aliphatic rings. The van der Waals surface area contributed by atoms with Gasteiger partial charge in [0.1, 0.15) is 12.4 Å². The molecule has 96 valence electrons. The molecule has 2 saturated heterocycles. The molecule has 3 rings (SSSR count). The molecule has 4 nitrogen and oxygen atoms in total. The molecule has 1 amide bonds. The summed E-state index contributed by atoms with van der Waals surface area (Å²) in [5.74, 6) is 0.137. The molecule has 2 heterocycles. The van der Waals surface area contributed by atoms with Crippen LogP contribution in [0.25, 0.3) is 0 Å². The Balaban J connectivity index is 1.94. The molecule has 2 unspecified atom stereocenters. The van der Waals surface area contributed by atoms with Gasteiger partial charge in [-0.2, -0.15) is 0 Å². The highest BCUT2D eigenvalue weighted by atomic mass is 35.5. The molecular weight excluding hydrogens is 277 g/mol. The third kappa shape index (κ3) is 1.71. The average Bonchev–Trinajstić information content (AvgIpc) is 2.88. The van der Waals surface area contributed by atoms with E-state index in [0.717, 1.165) is 6.42 Å². The third-order valence-electron chi connectivity index (χ3n) is 3.57. The number of carbonyl (C=O) groups is 1. The first kappa shape index (κ1) is 11.9. The normalized spacial score (nSPS) is 26.3. The molecule has 2 fully saturated rings. The van der Waals surface area contributed by atoms with Crippen LogP contribution in [0.4, 0.5) is 4.79 Å². The Bertz CT molecular complexity index is 520. The van der Waals surface area contributed by atoms with Gasteiger partial charge in [-0.25, -0.2) is 4.79 Å². The average molecular weight is 288 g/mol. The summed E-state index contributed by atoms with van der Waals surface area (Å²) >= 11 is 12.1. The van der Waals surface area contributed by atoms with Crippen LogP contribution in [0.5, 0.6) is 5.75 Å². The van der Waals surface area contributed by atoms with Crippen LogP contribution in [0, 0.1) is 0 Å². The molecule has 0 radical (unpaired) electrons. The van der Waals surface area contributed by atoms with Gasteiger partial charge in [0.2, 0.25) is 0 Å². The highest BCUT2D eigenvalue weighted by Gasteiger charge is 2.43. The number of amides is 1. The maximum absolute atomic E-state index is 11.5. The van der Waals surface area contributed by atoms with Crippen LogP contribution in [0.15, 0.2) is 12.1 Å². The summed E-state index contributed by atoms with van der Waals surface area (Å²) in [7, 11) is 0. The van der Waals surface area contributed by atoms with Gasteiger partial charge in [-0.3, -0.25) is 0 Å². The molecule has 2 aliphatic heterocycles. The second-order valence-electron chi connectivity index (χ2n) is 4.61. The Labute approximate surface area is 114 Å². The maximum atomic E-state index is 11.5. The minimum atomic E-state index is -0.292. The van der Waals surface area contributed by atoms with Gasteiger partial charge in [0.15, 0.2) is 0 Å². The van der Waals surface area contributed by atoms with Crippen LogP contribution in [0.3, 0.4) is 0 Å². The van der Waals surface area contributed by atoms with Crippen molar-refractivity contribution >= 4 is 29.3 Å². The predicted octanol–water partition coefficient (Wildman–Crippen LogP) is 3.01. The second kappa shape index (κ2) is 4.21. The zero-order valence-electron chi connectivity index (χ0n) is 9.40. The van der Waals surface area contributed by atoms with Crippen LogP contribution in [-0.4, -0.2) is 35.3 Å². The number of cyclic esters (lactones) is 1. The fourth-order valence-electron chi connectivity index (χ4n) is 2.70. The van der Waals surface area contributed by atoms with Crippen LogP contribution in [-0.2, 0) is 4.74 Å². The fraction of sp³-hybridized carbons (Fsp3) is 0.417. The van der Waals surface area contributed by atoms with Crippen LogP contribution in [0.1, 0.15) is 17.9 Å². The van der Waals surface area contributed by atoms with E-state index >= 15 is 0 Å². The summed E-state index contributed by atoms with van der Waals surface area (Å²) in [6.45, 7) is 0.922. The molecule has 2 atom stereocenters. The van der Waals surface area contributed by atoms with Gasteiger partial charge < -0.3 is 14.7 Å². The highest BCUT2D eigenvalue weighted by Crippen LogP contribution is 2.43. The number of hydrogen-bond acceptors (Lipinski definition) is 3. The van der Waals surface area contributed by atoms with E-state index in [-0.39, 0.29) is 23.8 Å². The number of phenols is 1. The van der Waals surface area contributed by atoms with Gasteiger partial charge in [-0.15, -0.1) is 0 Å². The number of aromatic hydroxyl groups is 1. The van der Waals surface area contributed by atoms with Crippen molar-refractivity contribution in [1.82, 2.24) is 4.90 Å². The number of carbonyl (C=O) groups excluding carboxylic acids is 1. The minimum Gasteiger partial charge on any atom is -0.508 e. The Morgan fingerprint density at radius 1 is 1.39 bits per heavy atom. The van der Waals surface area contributed by atoms with E-state index in [0.29, 0.717) is 28.8 Å². The van der Waals surface area contributed by atoms with E-state index in [9.17, 15) is 9.90 Å². The van der Waals surface area contributed by atoms with Crippen molar-refractivity contribution in [2.45, 2.75) is 18.4 Å². The lowest BCUT2D eigenvalue weighted by molar-refractivity contribution is 0.158. The lowest BCUT2D eigenvalue weighted by Gasteiger charge is -2.15. The monoisotopic (exact) mass is 287 g/mol. The fourth-order valence-corrected chi connectivity index (χ4v) is 3.18. The molecule has 0 aromatic heterocycles. The first-order valence-electron chi connectivity index (χ1n) is 5.68. The third-order valence-corrected chi connectivity index (χ3v) is 4.38. The summed E-state index contributed by atoms with van der Waals surface area (Å²) in [5.41, 5.74) is 0.631. The Hall–Kier alpha value is -1.13. The molecule has 1 N–H and O–H groups in total. The van der Waals surface area contributed by atoms with E-state index in [1.165, 1.54) is 6.07 Å². The Kier molecular flexibility index (Phi) is 2.79. The van der Waals surface area contributed by atoms with Crippen molar-refractivity contribution in [1.29, 1.82) is 0 Å². The molecule has 0 spiro atoms. The van der Waals surface area contributed by atoms with Gasteiger partial charge in [0, 0.05) is 18.0 Å². The summed E-state index contributed by atoms with van der Waals surface area (Å²) < 4.78 is 4.95. The summed E-state index contributed by atoms with van der Waals surface area (Å²) in [5, 5.41) is 10.7. The van der Waals surface area contributed by atoms with Crippen molar-refractivity contribution < 1.29 is 14.6 Å². The van der Waals surface area contributed by atoms with Gasteiger partial charge in [0.25, 0.3) is 0 Å². The zero-order chi connectivity index (χ0) is 12.9. The van der Waals surface area contributed by atoms with E-state index in [1.54, 1.807) is 11.0 Å². The van der Waals surface area contributed by atoms with Crippen LogP contribution >= 0.6 is 23.2 Å². The smallest absolute Gasteiger partial charge is 0.410 e. The standard InChI is InChI=1S/C12H11Cl2NO3/c13-8-1-2-9(16)10(11(8)14)6-3-7-5-18-12(17)15(7)4-6/h1-2,6-7,16H,3-5H2. The number of fused-ring (bicyclic) bond motifs is 1. The van der Waals surface area contributed by atoms with Crippen molar-refractivity contribution in [2.24, 2.45) is 0 Å². The molecule has 0 saturated carbocycles. The molecule has 18 heavy (non-hydrogen) atoms. The number of benzene rings is 1. The lowest BCUT2D eigenvalue weighted by Crippen LogP contribution is -2.27. The van der Waals surface area contributed by atoms with Crippen molar-refractivity contribution in [2.75, 3.05) is 13.2 Å². The van der Waals surface area contributed by atoms with Crippen LogP contribution < -0.4 is 0 Å². The highest BCUT2D eigenvalue weighted by molar-refractivity contribution is 6.42. The van der Waals surface area contributed by atoms with E-state index < -0.39 is 0 Å². The van der Waals surface area contributed by atoms with Gasteiger partial charge in [0.05, 0.1) is 16.1 Å². The maximum Gasteiger partial charge on any atom is 0.410 e. The topological polar surface area (TPSA) is 49.8 Å². The first-order valence-corrected chi connectivity index (χ1v) is 6.43. The van der Waals surface area contributed by atoms with E-state index in [1.807, 2.05) is 0 Å². The van der Waals surface area contributed by atoms with Crippen molar-refractivity contribution in [3.05, 3.63) is 27.7 Å². The number of nitrogens with zero attached hydrogens (tertiary/aromatic N) is 1. The molecule has 6 heteroatoms. The minimum absolute atomic E-state index is 0.00838. The predicted molar refractivity (Wildman–Crippen MR) is 67.3 cm³/mol. The quantitative estimate of drug-likeness (QED) is 0.864. The largest absolute Gasteiger partial charge is 0.508 e. The van der Waals surface area contributed by atoms with E-state index in [2.05, 4.69) is 0 Å². The molecule has 1 aromatic carbocycles. The van der Waals surface area contributed by atoms with Gasteiger partial charge >= 0.3 is 6.09 Å². The zero-order valence-corrected chi connectivity index (χ0v) is 10.9. The van der Waals surface area contributed by atoms with Crippen molar-refractivity contribution in [3.63, 3.8) is 0 Å². The number of halogens is 2. The van der Waals surface area contributed by atoms with Crippen LogP contribution in [0.2, 0.25) is 10.0 Å². The van der Waals surface area contributed by atoms with Crippen molar-refractivity contribution in [3.8, 4) is 5.75 Å². The number of ether oxygens (including phenoxy) is 1. The molecule has 1 aromatic rings.